The molecular weight excluding hydrogens is 334 g/mol. The second kappa shape index (κ2) is 7.00. The van der Waals surface area contributed by atoms with Crippen LogP contribution in [0.15, 0.2) is 48.5 Å². The molecule has 7 heteroatoms. The molecule has 24 heavy (non-hydrogen) atoms. The maximum atomic E-state index is 13.7. The molecular formula is C17H14F2N2O2S. The normalized spacial score (nSPS) is 16.9. The Hall–Kier alpha value is -2.41. The third-order valence-electron chi connectivity index (χ3n) is 3.66. The lowest BCUT2D eigenvalue weighted by molar-refractivity contribution is -0.119. The standard InChI is InChI=1S/C17H14F2N2O2S/c18-12-6-7-14(13(19)8-12)20-16(22)15-9-24-10-21(15)17(23)11-4-2-1-3-5-11/h1-8,15H,9-10H2,(H,20,22). The Labute approximate surface area is 141 Å². The molecule has 1 heterocycles. The zero-order valence-electron chi connectivity index (χ0n) is 12.5. The van der Waals surface area contributed by atoms with Gasteiger partial charge in [-0.25, -0.2) is 8.78 Å². The Kier molecular flexibility index (Phi) is 4.80. The lowest BCUT2D eigenvalue weighted by Gasteiger charge is -2.23. The smallest absolute Gasteiger partial charge is 0.255 e. The van der Waals surface area contributed by atoms with E-state index in [1.807, 2.05) is 0 Å². The number of halogens is 2. The van der Waals surface area contributed by atoms with Crippen molar-refractivity contribution in [1.82, 2.24) is 4.90 Å². The predicted octanol–water partition coefficient (Wildman–Crippen LogP) is 3.12. The van der Waals surface area contributed by atoms with Gasteiger partial charge in [-0.05, 0) is 24.3 Å². The molecule has 2 aromatic carbocycles. The van der Waals surface area contributed by atoms with E-state index in [-0.39, 0.29) is 11.6 Å². The van der Waals surface area contributed by atoms with Gasteiger partial charge in [0.05, 0.1) is 11.6 Å². The predicted molar refractivity (Wildman–Crippen MR) is 88.7 cm³/mol. The van der Waals surface area contributed by atoms with Crippen LogP contribution in [-0.4, -0.2) is 34.4 Å². The van der Waals surface area contributed by atoms with Crippen LogP contribution in [0.5, 0.6) is 0 Å². The highest BCUT2D eigenvalue weighted by Crippen LogP contribution is 2.25. The van der Waals surface area contributed by atoms with E-state index >= 15 is 0 Å². The van der Waals surface area contributed by atoms with Crippen LogP contribution in [0.25, 0.3) is 0 Å². The number of hydrogen-bond donors (Lipinski definition) is 1. The van der Waals surface area contributed by atoms with E-state index in [0.717, 1.165) is 12.1 Å². The van der Waals surface area contributed by atoms with E-state index in [0.29, 0.717) is 23.3 Å². The fraction of sp³-hybridized carbons (Fsp3) is 0.176. The first-order valence-electron chi connectivity index (χ1n) is 7.26. The summed E-state index contributed by atoms with van der Waals surface area (Å²) in [5.74, 6) is -1.50. The molecule has 1 unspecified atom stereocenters. The number of rotatable bonds is 3. The molecule has 2 amide bonds. The zero-order chi connectivity index (χ0) is 17.1. The molecule has 1 saturated heterocycles. The first-order chi connectivity index (χ1) is 11.6. The molecule has 0 aromatic heterocycles. The molecule has 1 aliphatic heterocycles. The molecule has 1 fully saturated rings. The minimum atomic E-state index is -0.852. The Morgan fingerprint density at radius 3 is 2.58 bits per heavy atom. The maximum absolute atomic E-state index is 13.7. The van der Waals surface area contributed by atoms with Crippen LogP contribution in [0, 0.1) is 11.6 Å². The van der Waals surface area contributed by atoms with E-state index in [9.17, 15) is 18.4 Å². The van der Waals surface area contributed by atoms with Crippen molar-refractivity contribution in [3.05, 3.63) is 65.7 Å². The van der Waals surface area contributed by atoms with Crippen LogP contribution in [0.3, 0.4) is 0 Å². The van der Waals surface area contributed by atoms with Crippen molar-refractivity contribution in [2.75, 3.05) is 16.9 Å². The Morgan fingerprint density at radius 2 is 1.88 bits per heavy atom. The first-order valence-corrected chi connectivity index (χ1v) is 8.41. The summed E-state index contributed by atoms with van der Waals surface area (Å²) < 4.78 is 26.6. The van der Waals surface area contributed by atoms with Crippen molar-refractivity contribution in [1.29, 1.82) is 0 Å². The van der Waals surface area contributed by atoms with Gasteiger partial charge >= 0.3 is 0 Å². The number of carbonyl (C=O) groups excluding carboxylic acids is 2. The lowest BCUT2D eigenvalue weighted by atomic mass is 10.1. The second-order valence-electron chi connectivity index (χ2n) is 5.27. The molecule has 0 radical (unpaired) electrons. The summed E-state index contributed by atoms with van der Waals surface area (Å²) in [5.41, 5.74) is 0.385. The van der Waals surface area contributed by atoms with Crippen molar-refractivity contribution in [3.8, 4) is 0 Å². The number of anilines is 1. The molecule has 1 aliphatic rings. The highest BCUT2D eigenvalue weighted by atomic mass is 32.2. The number of benzene rings is 2. The third-order valence-corrected chi connectivity index (χ3v) is 4.67. The average Bonchev–Trinajstić information content (AvgIpc) is 3.07. The number of nitrogens with one attached hydrogen (secondary N) is 1. The van der Waals surface area contributed by atoms with Crippen molar-refractivity contribution < 1.29 is 18.4 Å². The van der Waals surface area contributed by atoms with Gasteiger partial charge in [-0.3, -0.25) is 9.59 Å². The topological polar surface area (TPSA) is 49.4 Å². The second-order valence-corrected chi connectivity index (χ2v) is 6.27. The molecule has 1 atom stereocenters. The number of carbonyl (C=O) groups is 2. The highest BCUT2D eigenvalue weighted by molar-refractivity contribution is 7.99. The molecule has 4 nitrogen and oxygen atoms in total. The lowest BCUT2D eigenvalue weighted by Crippen LogP contribution is -2.44. The van der Waals surface area contributed by atoms with Gasteiger partial charge in [0, 0.05) is 17.4 Å². The Bertz CT molecular complexity index is 770. The fourth-order valence-corrected chi connectivity index (χ4v) is 3.57. The molecule has 1 N–H and O–H groups in total. The molecule has 3 rings (SSSR count). The molecule has 124 valence electrons. The van der Waals surface area contributed by atoms with Gasteiger partial charge in [-0.15, -0.1) is 11.8 Å². The molecule has 0 bridgehead atoms. The molecule has 0 spiro atoms. The van der Waals surface area contributed by atoms with Crippen molar-refractivity contribution >= 4 is 29.3 Å². The molecule has 0 aliphatic carbocycles. The van der Waals surface area contributed by atoms with Gasteiger partial charge in [0.1, 0.15) is 17.7 Å². The number of thioether (sulfide) groups is 1. The van der Waals surface area contributed by atoms with Crippen LogP contribution in [0.2, 0.25) is 0 Å². The van der Waals surface area contributed by atoms with Gasteiger partial charge in [0.2, 0.25) is 5.91 Å². The number of nitrogens with zero attached hydrogens (tertiary/aromatic N) is 1. The minimum Gasteiger partial charge on any atom is -0.322 e. The summed E-state index contributed by atoms with van der Waals surface area (Å²) in [7, 11) is 0. The number of hydrogen-bond acceptors (Lipinski definition) is 3. The van der Waals surface area contributed by atoms with E-state index < -0.39 is 23.6 Å². The number of amides is 2. The van der Waals surface area contributed by atoms with Gasteiger partial charge < -0.3 is 10.2 Å². The summed E-state index contributed by atoms with van der Waals surface area (Å²) in [4.78, 5) is 26.4. The maximum Gasteiger partial charge on any atom is 0.255 e. The first kappa shape index (κ1) is 16.4. The molecule has 2 aromatic rings. The van der Waals surface area contributed by atoms with Crippen molar-refractivity contribution in [3.63, 3.8) is 0 Å². The summed E-state index contributed by atoms with van der Waals surface area (Å²) in [6.45, 7) is 0. The van der Waals surface area contributed by atoms with Crippen LogP contribution in [0.1, 0.15) is 10.4 Å². The SMILES string of the molecule is O=C(Nc1ccc(F)cc1F)C1CSCN1C(=O)c1ccccc1. The largest absolute Gasteiger partial charge is 0.322 e. The van der Waals surface area contributed by atoms with E-state index in [1.165, 1.54) is 16.7 Å². The van der Waals surface area contributed by atoms with Crippen LogP contribution in [0.4, 0.5) is 14.5 Å². The quantitative estimate of drug-likeness (QED) is 0.927. The fourth-order valence-electron chi connectivity index (χ4n) is 2.41. The Balaban J connectivity index is 1.75. The minimum absolute atomic E-state index is 0.106. The summed E-state index contributed by atoms with van der Waals surface area (Å²) >= 11 is 1.45. The summed E-state index contributed by atoms with van der Waals surface area (Å²) in [5, 5.41) is 2.43. The van der Waals surface area contributed by atoms with Crippen LogP contribution in [-0.2, 0) is 4.79 Å². The van der Waals surface area contributed by atoms with Crippen LogP contribution >= 0.6 is 11.8 Å². The van der Waals surface area contributed by atoms with E-state index in [1.54, 1.807) is 30.3 Å². The van der Waals surface area contributed by atoms with E-state index in [2.05, 4.69) is 5.32 Å². The summed E-state index contributed by atoms with van der Waals surface area (Å²) in [6.07, 6.45) is 0. The monoisotopic (exact) mass is 348 g/mol. The van der Waals surface area contributed by atoms with Crippen LogP contribution < -0.4 is 5.32 Å². The van der Waals surface area contributed by atoms with Gasteiger partial charge in [-0.1, -0.05) is 18.2 Å². The Morgan fingerprint density at radius 1 is 1.12 bits per heavy atom. The van der Waals surface area contributed by atoms with Gasteiger partial charge in [0.25, 0.3) is 5.91 Å². The third kappa shape index (κ3) is 3.41. The summed E-state index contributed by atoms with van der Waals surface area (Å²) in [6, 6.07) is 10.9. The van der Waals surface area contributed by atoms with Crippen molar-refractivity contribution in [2.24, 2.45) is 0 Å². The van der Waals surface area contributed by atoms with Gasteiger partial charge in [-0.2, -0.15) is 0 Å². The van der Waals surface area contributed by atoms with E-state index in [4.69, 9.17) is 0 Å². The molecule has 0 saturated carbocycles. The highest BCUT2D eigenvalue weighted by Gasteiger charge is 2.35. The van der Waals surface area contributed by atoms with Gasteiger partial charge in [0.15, 0.2) is 0 Å². The zero-order valence-corrected chi connectivity index (χ0v) is 13.4. The van der Waals surface area contributed by atoms with Crippen molar-refractivity contribution in [2.45, 2.75) is 6.04 Å². The average molecular weight is 348 g/mol.